The molecule has 4 aromatic rings. The van der Waals surface area contributed by atoms with Gasteiger partial charge < -0.3 is 28.6 Å². The summed E-state index contributed by atoms with van der Waals surface area (Å²) in [5.74, 6) is -0.422. The average Bonchev–Trinajstić information content (AvgIpc) is 3.73. The van der Waals surface area contributed by atoms with Crippen LogP contribution in [0.4, 0.5) is 19.1 Å². The summed E-state index contributed by atoms with van der Waals surface area (Å²) in [5.41, 5.74) is 2.52. The Bertz CT molecular complexity index is 1580. The highest BCUT2D eigenvalue weighted by atomic mass is 19.3. The fourth-order valence-electron chi connectivity index (χ4n) is 6.67. The van der Waals surface area contributed by atoms with E-state index in [2.05, 4.69) is 19.9 Å². The van der Waals surface area contributed by atoms with Gasteiger partial charge >= 0.3 is 6.61 Å². The van der Waals surface area contributed by atoms with Crippen molar-refractivity contribution in [2.45, 2.75) is 49.3 Å². The molecule has 1 aliphatic carbocycles. The first-order chi connectivity index (χ1) is 19.0. The van der Waals surface area contributed by atoms with Crippen molar-refractivity contribution in [2.75, 3.05) is 18.1 Å². The first-order valence-electron chi connectivity index (χ1n) is 12.7. The third-order valence-corrected chi connectivity index (χ3v) is 8.29. The SMILES string of the molecule is OC1CC(c2ccccc2OC(F)F)c2c1nc1cc(F)c(-c3cnc(N4C5COC6C5OCC64)nc3)cn21. The zero-order chi connectivity index (χ0) is 26.4. The van der Waals surface area contributed by atoms with E-state index in [1.165, 1.54) is 12.1 Å². The summed E-state index contributed by atoms with van der Waals surface area (Å²) in [7, 11) is 0. The Morgan fingerprint density at radius 2 is 1.77 bits per heavy atom. The Hall–Kier alpha value is -3.74. The van der Waals surface area contributed by atoms with Crippen LogP contribution in [0.1, 0.15) is 35.4 Å². The van der Waals surface area contributed by atoms with Gasteiger partial charge in [0.25, 0.3) is 0 Å². The minimum Gasteiger partial charge on any atom is -0.435 e. The number of nitrogens with zero attached hydrogens (tertiary/aromatic N) is 5. The van der Waals surface area contributed by atoms with Crippen LogP contribution in [0.25, 0.3) is 16.8 Å². The third-order valence-electron chi connectivity index (χ3n) is 8.29. The molecule has 3 saturated heterocycles. The van der Waals surface area contributed by atoms with E-state index in [4.69, 9.17) is 14.2 Å². The number of para-hydroxylation sites is 1. The molecule has 0 saturated carbocycles. The normalized spacial score (nSPS) is 28.7. The summed E-state index contributed by atoms with van der Waals surface area (Å²) in [6, 6.07) is 7.92. The Labute approximate surface area is 219 Å². The number of halogens is 3. The van der Waals surface area contributed by atoms with Gasteiger partial charge in [-0.25, -0.2) is 19.3 Å². The van der Waals surface area contributed by atoms with Crippen molar-refractivity contribution in [3.05, 3.63) is 71.7 Å². The van der Waals surface area contributed by atoms with Gasteiger partial charge in [-0.3, -0.25) is 0 Å². The van der Waals surface area contributed by atoms with Crippen molar-refractivity contribution >= 4 is 11.6 Å². The van der Waals surface area contributed by atoms with Crippen LogP contribution in [0.2, 0.25) is 0 Å². The second kappa shape index (κ2) is 8.38. The number of benzene rings is 1. The lowest BCUT2D eigenvalue weighted by atomic mass is 9.95. The smallest absolute Gasteiger partial charge is 0.387 e. The van der Waals surface area contributed by atoms with E-state index in [0.717, 1.165) is 0 Å². The van der Waals surface area contributed by atoms with Gasteiger partial charge in [0.1, 0.15) is 29.4 Å². The molecule has 6 heterocycles. The predicted octanol–water partition coefficient (Wildman–Crippen LogP) is 3.46. The Morgan fingerprint density at radius 1 is 1.05 bits per heavy atom. The molecule has 12 heteroatoms. The zero-order valence-electron chi connectivity index (χ0n) is 20.3. The van der Waals surface area contributed by atoms with Crippen molar-refractivity contribution < 1.29 is 32.5 Å². The van der Waals surface area contributed by atoms with E-state index >= 15 is 4.39 Å². The summed E-state index contributed by atoms with van der Waals surface area (Å²) < 4.78 is 59.6. The van der Waals surface area contributed by atoms with Gasteiger partial charge in [0.15, 0.2) is 0 Å². The molecule has 0 radical (unpaired) electrons. The summed E-state index contributed by atoms with van der Waals surface area (Å²) in [6.07, 6.45) is 4.13. The van der Waals surface area contributed by atoms with Gasteiger partial charge in [-0.05, 0) is 12.5 Å². The number of morpholine rings is 2. The average molecular weight is 537 g/mol. The van der Waals surface area contributed by atoms with Crippen molar-refractivity contribution in [2.24, 2.45) is 0 Å². The van der Waals surface area contributed by atoms with E-state index in [-0.39, 0.29) is 42.0 Å². The summed E-state index contributed by atoms with van der Waals surface area (Å²) in [5, 5.41) is 10.8. The molecule has 39 heavy (non-hydrogen) atoms. The number of alkyl halides is 2. The third kappa shape index (κ3) is 3.34. The summed E-state index contributed by atoms with van der Waals surface area (Å²) >= 11 is 0. The van der Waals surface area contributed by atoms with Crippen molar-refractivity contribution in [3.8, 4) is 16.9 Å². The van der Waals surface area contributed by atoms with Crippen LogP contribution in [0.3, 0.4) is 0 Å². The topological polar surface area (TPSA) is 94.2 Å². The minimum absolute atomic E-state index is 0.0268. The molecule has 0 spiro atoms. The molecule has 3 fully saturated rings. The maximum absolute atomic E-state index is 15.3. The molecule has 6 atom stereocenters. The van der Waals surface area contributed by atoms with E-state index in [1.54, 1.807) is 41.2 Å². The van der Waals surface area contributed by atoms with Gasteiger partial charge in [-0.2, -0.15) is 8.78 Å². The van der Waals surface area contributed by atoms with Crippen LogP contribution in [-0.2, 0) is 9.47 Å². The molecule has 200 valence electrons. The molecule has 9 nitrogen and oxygen atoms in total. The highest BCUT2D eigenvalue weighted by Crippen LogP contribution is 2.47. The van der Waals surface area contributed by atoms with Crippen LogP contribution in [0.5, 0.6) is 5.75 Å². The van der Waals surface area contributed by atoms with Gasteiger partial charge in [-0.1, -0.05) is 18.2 Å². The van der Waals surface area contributed by atoms with Crippen LogP contribution < -0.4 is 9.64 Å². The maximum atomic E-state index is 15.3. The molecule has 4 bridgehead atoms. The van der Waals surface area contributed by atoms with Gasteiger partial charge in [0, 0.05) is 47.3 Å². The van der Waals surface area contributed by atoms with Crippen LogP contribution in [0.15, 0.2) is 48.9 Å². The van der Waals surface area contributed by atoms with Gasteiger partial charge in [0.05, 0.1) is 42.8 Å². The lowest BCUT2D eigenvalue weighted by Gasteiger charge is -2.35. The number of hydrogen-bond donors (Lipinski definition) is 1. The molecule has 0 amide bonds. The monoisotopic (exact) mass is 537 g/mol. The lowest BCUT2D eigenvalue weighted by Crippen LogP contribution is -2.50. The van der Waals surface area contributed by atoms with Gasteiger partial charge in [-0.15, -0.1) is 0 Å². The summed E-state index contributed by atoms with van der Waals surface area (Å²) in [4.78, 5) is 15.7. The number of aliphatic hydroxyl groups is 1. The Morgan fingerprint density at radius 3 is 2.49 bits per heavy atom. The molecular weight excluding hydrogens is 515 g/mol. The maximum Gasteiger partial charge on any atom is 0.387 e. The molecule has 1 N–H and O–H groups in total. The molecule has 8 rings (SSSR count). The number of anilines is 1. The Kier molecular flexibility index (Phi) is 4.98. The molecule has 1 aromatic carbocycles. The van der Waals surface area contributed by atoms with Crippen LogP contribution >= 0.6 is 0 Å². The van der Waals surface area contributed by atoms with E-state index in [9.17, 15) is 13.9 Å². The quantitative estimate of drug-likeness (QED) is 0.414. The van der Waals surface area contributed by atoms with E-state index < -0.39 is 24.5 Å². The number of pyridine rings is 1. The van der Waals surface area contributed by atoms with Crippen LogP contribution in [-0.4, -0.2) is 68.6 Å². The highest BCUT2D eigenvalue weighted by Gasteiger charge is 2.60. The fourth-order valence-corrected chi connectivity index (χ4v) is 6.67. The predicted molar refractivity (Wildman–Crippen MR) is 130 cm³/mol. The number of aromatic nitrogens is 4. The minimum atomic E-state index is -2.99. The second-order valence-corrected chi connectivity index (χ2v) is 10.3. The first-order valence-corrected chi connectivity index (χ1v) is 12.7. The zero-order valence-corrected chi connectivity index (χ0v) is 20.3. The molecule has 4 aliphatic rings. The second-order valence-electron chi connectivity index (χ2n) is 10.3. The standard InChI is InChI=1S/C27H22F3N5O4/c28-16-6-21-33-22-19(36)5-14(13-3-1-2-4-20(13)39-26(29)30)23(22)34(21)9-15(16)12-7-31-27(32-8-12)35-17-10-37-25-18(35)11-38-24(17)25/h1-4,6-9,14,17-19,24-26,36H,5,10-11H2. The molecule has 6 unspecified atom stereocenters. The number of fused-ring (bicyclic) bond motifs is 3. The number of imidazole rings is 1. The van der Waals surface area contributed by atoms with Crippen molar-refractivity contribution in [1.29, 1.82) is 0 Å². The fraction of sp³-hybridized carbons (Fsp3) is 0.370. The lowest BCUT2D eigenvalue weighted by molar-refractivity contribution is -0.0506. The van der Waals surface area contributed by atoms with Crippen molar-refractivity contribution in [1.82, 2.24) is 19.4 Å². The van der Waals surface area contributed by atoms with E-state index in [0.29, 0.717) is 47.3 Å². The first kappa shape index (κ1) is 23.2. The molecular formula is C27H22F3N5O4. The highest BCUT2D eigenvalue weighted by molar-refractivity contribution is 5.66. The number of aliphatic hydroxyl groups excluding tert-OH is 1. The van der Waals surface area contributed by atoms with E-state index in [1.807, 2.05) is 0 Å². The van der Waals surface area contributed by atoms with Crippen molar-refractivity contribution in [3.63, 3.8) is 0 Å². The number of ether oxygens (including phenoxy) is 3. The largest absolute Gasteiger partial charge is 0.435 e. The Balaban J connectivity index is 1.18. The molecule has 3 aliphatic heterocycles. The number of rotatable bonds is 5. The number of hydrogen-bond acceptors (Lipinski definition) is 8. The summed E-state index contributed by atoms with van der Waals surface area (Å²) in [6.45, 7) is -1.87. The van der Waals surface area contributed by atoms with Crippen LogP contribution in [0, 0.1) is 5.82 Å². The van der Waals surface area contributed by atoms with Gasteiger partial charge in [0.2, 0.25) is 5.95 Å². The molecule has 3 aromatic heterocycles.